The fourth-order valence-electron chi connectivity index (χ4n) is 3.82. The van der Waals surface area contributed by atoms with E-state index in [1.807, 2.05) is 32.7 Å². The molecule has 0 unspecified atom stereocenters. The highest BCUT2D eigenvalue weighted by Gasteiger charge is 2.35. The number of carbonyl (C=O) groups excluding carboxylic acids is 2. The van der Waals surface area contributed by atoms with Crippen LogP contribution in [0.1, 0.15) is 43.4 Å². The molecule has 2 N–H and O–H groups in total. The number of likely N-dealkylation sites (N-methyl/N-ethyl adjacent to an activating group) is 1. The van der Waals surface area contributed by atoms with Crippen LogP contribution in [0, 0.1) is 17.0 Å². The average Bonchev–Trinajstić information content (AvgIpc) is 2.93. The van der Waals surface area contributed by atoms with Gasteiger partial charge in [-0.15, -0.1) is 0 Å². The molecule has 2 heterocycles. The Bertz CT molecular complexity index is 1050. The molecule has 0 radical (unpaired) electrons. The summed E-state index contributed by atoms with van der Waals surface area (Å²) in [5.74, 6) is -2.35. The number of aromatic nitrogens is 2. The monoisotopic (exact) mass is 467 g/mol. The summed E-state index contributed by atoms with van der Waals surface area (Å²) in [4.78, 5) is 32.2. The van der Waals surface area contributed by atoms with E-state index in [9.17, 15) is 18.4 Å². The lowest BCUT2D eigenvalue weighted by Gasteiger charge is -2.29. The van der Waals surface area contributed by atoms with Crippen LogP contribution in [0.5, 0.6) is 0 Å². The zero-order valence-corrected chi connectivity index (χ0v) is 19.6. The van der Waals surface area contributed by atoms with Gasteiger partial charge in [0, 0.05) is 26.2 Å². The maximum Gasteiger partial charge on any atom is 0.272 e. The maximum absolute atomic E-state index is 14.7. The second-order valence-electron chi connectivity index (χ2n) is 9.11. The van der Waals surface area contributed by atoms with Crippen LogP contribution in [0.25, 0.3) is 11.4 Å². The Labute approximate surface area is 191 Å². The number of rotatable bonds is 4. The van der Waals surface area contributed by atoms with E-state index in [0.29, 0.717) is 24.8 Å². The van der Waals surface area contributed by atoms with Crippen LogP contribution in [0.2, 0.25) is 5.02 Å². The minimum absolute atomic E-state index is 0.0138. The molecular weight excluding hydrogens is 440 g/mol. The third kappa shape index (κ3) is 4.78. The Morgan fingerprint density at radius 3 is 2.50 bits per heavy atom. The summed E-state index contributed by atoms with van der Waals surface area (Å²) in [5.41, 5.74) is 0.163. The van der Waals surface area contributed by atoms with Gasteiger partial charge >= 0.3 is 0 Å². The van der Waals surface area contributed by atoms with Crippen molar-refractivity contribution in [2.45, 2.75) is 46.3 Å². The van der Waals surface area contributed by atoms with E-state index in [1.54, 1.807) is 4.57 Å². The molecule has 32 heavy (non-hydrogen) atoms. The first-order valence-electron chi connectivity index (χ1n) is 10.4. The zero-order chi connectivity index (χ0) is 23.8. The van der Waals surface area contributed by atoms with Crippen LogP contribution in [0.4, 0.5) is 8.78 Å². The standard InChI is InChI=1S/C22H28ClF2N5O2/c1-22(2,3)18(21(32)26-4)28-20(31)17-16-11-29(5)7-6-8-30(16)19(27-17)12-9-13(23)15(25)10-14(12)24/h9-10,18H,6-8,11H2,1-5H3,(H,26,32)(H,28,31)/t18-/m1/s1. The summed E-state index contributed by atoms with van der Waals surface area (Å²) in [6.45, 7) is 7.22. The van der Waals surface area contributed by atoms with Crippen molar-refractivity contribution in [3.8, 4) is 11.4 Å². The van der Waals surface area contributed by atoms with Crippen molar-refractivity contribution in [1.29, 1.82) is 0 Å². The summed E-state index contributed by atoms with van der Waals surface area (Å²) >= 11 is 5.90. The van der Waals surface area contributed by atoms with Crippen molar-refractivity contribution < 1.29 is 18.4 Å². The molecule has 0 saturated heterocycles. The molecule has 2 amide bonds. The number of hydrogen-bond acceptors (Lipinski definition) is 4. The lowest BCUT2D eigenvalue weighted by molar-refractivity contribution is -0.124. The largest absolute Gasteiger partial charge is 0.357 e. The Hall–Kier alpha value is -2.52. The third-order valence-electron chi connectivity index (χ3n) is 5.53. The van der Waals surface area contributed by atoms with Crippen molar-refractivity contribution >= 4 is 23.4 Å². The van der Waals surface area contributed by atoms with Gasteiger partial charge in [-0.25, -0.2) is 13.8 Å². The summed E-state index contributed by atoms with van der Waals surface area (Å²) in [6, 6.07) is 1.09. The van der Waals surface area contributed by atoms with E-state index in [4.69, 9.17) is 11.6 Å². The molecule has 0 spiro atoms. The highest BCUT2D eigenvalue weighted by atomic mass is 35.5. The molecule has 1 aliphatic rings. The molecular formula is C22H28ClF2N5O2. The molecule has 0 aliphatic carbocycles. The highest BCUT2D eigenvalue weighted by Crippen LogP contribution is 2.31. The van der Waals surface area contributed by atoms with Gasteiger partial charge in [0.25, 0.3) is 5.91 Å². The summed E-state index contributed by atoms with van der Waals surface area (Å²) in [5, 5.41) is 5.12. The van der Waals surface area contributed by atoms with Gasteiger partial charge in [0.05, 0.1) is 16.3 Å². The summed E-state index contributed by atoms with van der Waals surface area (Å²) in [7, 11) is 3.42. The maximum atomic E-state index is 14.7. The fourth-order valence-corrected chi connectivity index (χ4v) is 3.99. The molecule has 1 aromatic heterocycles. The van der Waals surface area contributed by atoms with Gasteiger partial charge in [-0.3, -0.25) is 9.59 Å². The number of halogens is 3. The van der Waals surface area contributed by atoms with E-state index < -0.39 is 29.0 Å². The molecule has 1 aliphatic heterocycles. The van der Waals surface area contributed by atoms with Gasteiger partial charge in [-0.1, -0.05) is 32.4 Å². The first kappa shape index (κ1) is 24.1. The topological polar surface area (TPSA) is 79.3 Å². The zero-order valence-electron chi connectivity index (χ0n) is 18.9. The predicted octanol–water partition coefficient (Wildman–Crippen LogP) is 3.21. The quantitative estimate of drug-likeness (QED) is 0.677. The molecule has 174 valence electrons. The van der Waals surface area contributed by atoms with Crippen LogP contribution < -0.4 is 10.6 Å². The molecule has 0 fully saturated rings. The molecule has 1 atom stereocenters. The fraction of sp³-hybridized carbons (Fsp3) is 0.500. The lowest BCUT2D eigenvalue weighted by atomic mass is 9.86. The van der Waals surface area contributed by atoms with E-state index in [-0.39, 0.29) is 28.0 Å². The van der Waals surface area contributed by atoms with Gasteiger partial charge in [0.1, 0.15) is 23.5 Å². The van der Waals surface area contributed by atoms with Crippen molar-refractivity contribution in [3.05, 3.63) is 40.2 Å². The number of imidazole rings is 1. The number of carbonyl (C=O) groups is 2. The van der Waals surface area contributed by atoms with E-state index in [1.165, 1.54) is 13.1 Å². The van der Waals surface area contributed by atoms with Crippen LogP contribution in [0.15, 0.2) is 12.1 Å². The molecule has 10 heteroatoms. The average molecular weight is 468 g/mol. The van der Waals surface area contributed by atoms with Crippen molar-refractivity contribution in [2.75, 3.05) is 20.6 Å². The lowest BCUT2D eigenvalue weighted by Crippen LogP contribution is -2.53. The SMILES string of the molecule is CNC(=O)[C@@H](NC(=O)c1nc(-c2cc(Cl)c(F)cc2F)n2c1CN(C)CCC2)C(C)(C)C. The molecule has 3 rings (SSSR count). The van der Waals surface area contributed by atoms with Gasteiger partial charge in [0.15, 0.2) is 5.69 Å². The van der Waals surface area contributed by atoms with Crippen molar-refractivity contribution in [3.63, 3.8) is 0 Å². The van der Waals surface area contributed by atoms with Crippen LogP contribution in [-0.2, 0) is 17.9 Å². The van der Waals surface area contributed by atoms with Gasteiger partial charge in [-0.05, 0) is 31.5 Å². The van der Waals surface area contributed by atoms with E-state index in [2.05, 4.69) is 15.6 Å². The van der Waals surface area contributed by atoms with Crippen LogP contribution >= 0.6 is 11.6 Å². The molecule has 0 bridgehead atoms. The first-order chi connectivity index (χ1) is 14.9. The second-order valence-corrected chi connectivity index (χ2v) is 9.51. The van der Waals surface area contributed by atoms with Gasteiger partial charge in [0.2, 0.25) is 5.91 Å². The number of nitrogens with one attached hydrogen (secondary N) is 2. The normalized spacial score (nSPS) is 15.6. The highest BCUT2D eigenvalue weighted by molar-refractivity contribution is 6.31. The van der Waals surface area contributed by atoms with Gasteiger partial charge in [-0.2, -0.15) is 0 Å². The molecule has 7 nitrogen and oxygen atoms in total. The second kappa shape index (κ2) is 9.15. The summed E-state index contributed by atoms with van der Waals surface area (Å²) in [6.07, 6.45) is 0.757. The Morgan fingerprint density at radius 1 is 1.19 bits per heavy atom. The van der Waals surface area contributed by atoms with Crippen molar-refractivity contribution in [1.82, 2.24) is 25.1 Å². The Morgan fingerprint density at radius 2 is 1.88 bits per heavy atom. The minimum atomic E-state index is -0.869. The molecule has 2 aromatic rings. The van der Waals surface area contributed by atoms with E-state index in [0.717, 1.165) is 13.0 Å². The smallest absolute Gasteiger partial charge is 0.272 e. The van der Waals surface area contributed by atoms with Gasteiger partial charge < -0.3 is 20.1 Å². The van der Waals surface area contributed by atoms with Crippen LogP contribution in [-0.4, -0.2) is 52.9 Å². The Balaban J connectivity index is 2.12. The Kier molecular flexibility index (Phi) is 6.90. The third-order valence-corrected chi connectivity index (χ3v) is 5.82. The van der Waals surface area contributed by atoms with Crippen LogP contribution in [0.3, 0.4) is 0 Å². The number of hydrogen-bond donors (Lipinski definition) is 2. The van der Waals surface area contributed by atoms with E-state index >= 15 is 0 Å². The number of fused-ring (bicyclic) bond motifs is 1. The predicted molar refractivity (Wildman–Crippen MR) is 118 cm³/mol. The number of amides is 2. The summed E-state index contributed by atoms with van der Waals surface area (Å²) < 4.78 is 30.2. The molecule has 1 aromatic carbocycles. The first-order valence-corrected chi connectivity index (χ1v) is 10.8. The minimum Gasteiger partial charge on any atom is -0.357 e. The number of benzene rings is 1. The number of nitrogens with zero attached hydrogens (tertiary/aromatic N) is 3. The molecule has 0 saturated carbocycles. The van der Waals surface area contributed by atoms with Crippen molar-refractivity contribution in [2.24, 2.45) is 5.41 Å².